The molecule has 2 rings (SSSR count). The summed E-state index contributed by atoms with van der Waals surface area (Å²) in [6.45, 7) is 0. The van der Waals surface area contributed by atoms with Gasteiger partial charge in [0.25, 0.3) is 0 Å². The van der Waals surface area contributed by atoms with Gasteiger partial charge >= 0.3 is 0 Å². The molecule has 0 radical (unpaired) electrons. The van der Waals surface area contributed by atoms with Crippen LogP contribution in [-0.2, 0) is 0 Å². The molecule has 2 aromatic rings. The molecular formula is C7H6N4OS. The smallest absolute Gasteiger partial charge is 0.248 e. The molecule has 13 heavy (non-hydrogen) atoms. The van der Waals surface area contributed by atoms with Crippen LogP contribution in [-0.4, -0.2) is 20.2 Å². The topological polar surface area (TPSA) is 74.4 Å². The number of nitrogens with one attached hydrogen (secondary N) is 2. The molecule has 2 aromatic heterocycles. The molecule has 0 aliphatic heterocycles. The molecule has 0 atom stereocenters. The Labute approximate surface area is 77.6 Å². The number of aromatic nitrogens is 4. The minimum Gasteiger partial charge on any atom is -0.317 e. The average molecular weight is 194 g/mol. The van der Waals surface area contributed by atoms with E-state index in [-0.39, 0.29) is 5.56 Å². The van der Waals surface area contributed by atoms with Gasteiger partial charge in [-0.15, -0.1) is 0 Å². The lowest BCUT2D eigenvalue weighted by atomic mass is 10.5. The van der Waals surface area contributed by atoms with E-state index in [1.807, 2.05) is 0 Å². The van der Waals surface area contributed by atoms with Gasteiger partial charge in [0.05, 0.1) is 5.03 Å². The first-order chi connectivity index (χ1) is 6.34. The Morgan fingerprint density at radius 3 is 3.00 bits per heavy atom. The lowest BCUT2D eigenvalue weighted by Crippen LogP contribution is -2.02. The number of rotatable bonds is 2. The molecule has 0 aliphatic carbocycles. The van der Waals surface area contributed by atoms with Crippen molar-refractivity contribution in [2.24, 2.45) is 0 Å². The summed E-state index contributed by atoms with van der Waals surface area (Å²) in [5, 5.41) is 7.77. The summed E-state index contributed by atoms with van der Waals surface area (Å²) in [5.41, 5.74) is -0.121. The maximum atomic E-state index is 10.9. The highest BCUT2D eigenvalue weighted by molar-refractivity contribution is 7.99. The highest BCUT2D eigenvalue weighted by atomic mass is 32.2. The van der Waals surface area contributed by atoms with Crippen molar-refractivity contribution in [3.63, 3.8) is 0 Å². The van der Waals surface area contributed by atoms with Crippen molar-refractivity contribution in [1.82, 2.24) is 20.2 Å². The van der Waals surface area contributed by atoms with Crippen molar-refractivity contribution < 1.29 is 0 Å². The molecule has 0 saturated heterocycles. The zero-order valence-electron chi connectivity index (χ0n) is 6.52. The van der Waals surface area contributed by atoms with Crippen molar-refractivity contribution in [2.45, 2.75) is 10.2 Å². The Bertz CT molecular complexity index is 436. The summed E-state index contributed by atoms with van der Waals surface area (Å²) < 4.78 is 0. The maximum Gasteiger partial charge on any atom is 0.248 e. The van der Waals surface area contributed by atoms with Crippen LogP contribution < -0.4 is 5.56 Å². The van der Waals surface area contributed by atoms with Crippen LogP contribution >= 0.6 is 11.8 Å². The molecule has 0 aliphatic rings. The summed E-state index contributed by atoms with van der Waals surface area (Å²) in [4.78, 5) is 17.5. The third-order valence-electron chi connectivity index (χ3n) is 1.34. The fourth-order valence-electron chi connectivity index (χ4n) is 0.835. The van der Waals surface area contributed by atoms with Crippen LogP contribution in [0.3, 0.4) is 0 Å². The summed E-state index contributed by atoms with van der Waals surface area (Å²) in [5.74, 6) is 0. The van der Waals surface area contributed by atoms with E-state index in [0.29, 0.717) is 5.16 Å². The van der Waals surface area contributed by atoms with Crippen LogP contribution in [0, 0.1) is 0 Å². The standard InChI is InChI=1S/C7H6N4OS/c12-5-2-1-3-6(10-5)13-7-8-4-9-11-7/h1-4H,(H,10,12)(H,8,9,11). The van der Waals surface area contributed by atoms with Crippen molar-refractivity contribution in [3.8, 4) is 0 Å². The summed E-state index contributed by atoms with van der Waals surface area (Å²) in [7, 11) is 0. The van der Waals surface area contributed by atoms with Crippen LogP contribution in [0.1, 0.15) is 0 Å². The molecule has 0 amide bonds. The lowest BCUT2D eigenvalue weighted by Gasteiger charge is -1.94. The molecule has 2 N–H and O–H groups in total. The van der Waals surface area contributed by atoms with Gasteiger partial charge in [0.1, 0.15) is 6.33 Å². The molecule has 6 heteroatoms. The minimum absolute atomic E-state index is 0.121. The predicted molar refractivity (Wildman–Crippen MR) is 47.6 cm³/mol. The molecular weight excluding hydrogens is 188 g/mol. The van der Waals surface area contributed by atoms with Crippen molar-refractivity contribution in [1.29, 1.82) is 0 Å². The molecule has 0 unspecified atom stereocenters. The van der Waals surface area contributed by atoms with Gasteiger partial charge in [0.15, 0.2) is 5.16 Å². The Kier molecular flexibility index (Phi) is 2.13. The summed E-state index contributed by atoms with van der Waals surface area (Å²) in [6.07, 6.45) is 1.42. The van der Waals surface area contributed by atoms with Crippen LogP contribution in [0.25, 0.3) is 0 Å². The normalized spacial score (nSPS) is 10.2. The molecule has 0 aromatic carbocycles. The Hall–Kier alpha value is -1.56. The van der Waals surface area contributed by atoms with Crippen LogP contribution in [0.15, 0.2) is 39.5 Å². The molecule has 2 heterocycles. The van der Waals surface area contributed by atoms with E-state index < -0.39 is 0 Å². The van der Waals surface area contributed by atoms with Crippen LogP contribution in [0.2, 0.25) is 0 Å². The first kappa shape index (κ1) is 8.06. The molecule has 66 valence electrons. The van der Waals surface area contributed by atoms with E-state index in [2.05, 4.69) is 20.2 Å². The van der Waals surface area contributed by atoms with Crippen LogP contribution in [0.5, 0.6) is 0 Å². The van der Waals surface area contributed by atoms with Gasteiger partial charge in [-0.2, -0.15) is 5.10 Å². The van der Waals surface area contributed by atoms with Gasteiger partial charge in [-0.1, -0.05) is 6.07 Å². The van der Waals surface area contributed by atoms with Gasteiger partial charge in [-0.25, -0.2) is 4.98 Å². The number of H-pyrrole nitrogens is 2. The van der Waals surface area contributed by atoms with E-state index in [4.69, 9.17) is 0 Å². The second kappa shape index (κ2) is 3.44. The van der Waals surface area contributed by atoms with Crippen molar-refractivity contribution in [3.05, 3.63) is 34.9 Å². The van der Waals surface area contributed by atoms with E-state index in [1.54, 1.807) is 12.1 Å². The molecule has 0 saturated carbocycles. The maximum absolute atomic E-state index is 10.9. The Morgan fingerprint density at radius 2 is 2.31 bits per heavy atom. The van der Waals surface area contributed by atoms with Crippen molar-refractivity contribution in [2.75, 3.05) is 0 Å². The lowest BCUT2D eigenvalue weighted by molar-refractivity contribution is 0.964. The number of pyridine rings is 1. The van der Waals surface area contributed by atoms with E-state index >= 15 is 0 Å². The Morgan fingerprint density at radius 1 is 1.38 bits per heavy atom. The predicted octanol–water partition coefficient (Wildman–Crippen LogP) is 0.644. The molecule has 0 spiro atoms. The molecule has 5 nitrogen and oxygen atoms in total. The fourth-order valence-corrected chi connectivity index (χ4v) is 1.54. The second-order valence-corrected chi connectivity index (χ2v) is 3.30. The quantitative estimate of drug-likeness (QED) is 0.735. The zero-order valence-corrected chi connectivity index (χ0v) is 7.34. The minimum atomic E-state index is -0.121. The van der Waals surface area contributed by atoms with E-state index in [9.17, 15) is 4.79 Å². The number of aromatic amines is 2. The molecule has 0 bridgehead atoms. The third kappa shape index (κ3) is 1.97. The van der Waals surface area contributed by atoms with Gasteiger partial charge in [0.2, 0.25) is 5.56 Å². The van der Waals surface area contributed by atoms with Crippen molar-refractivity contribution >= 4 is 11.8 Å². The highest BCUT2D eigenvalue weighted by Crippen LogP contribution is 2.19. The first-order valence-electron chi connectivity index (χ1n) is 3.57. The van der Waals surface area contributed by atoms with E-state index in [0.717, 1.165) is 5.03 Å². The Balaban J connectivity index is 2.24. The van der Waals surface area contributed by atoms with Gasteiger partial charge in [-0.05, 0) is 17.8 Å². The zero-order chi connectivity index (χ0) is 9.10. The average Bonchev–Trinajstić information content (AvgIpc) is 2.57. The summed E-state index contributed by atoms with van der Waals surface area (Å²) >= 11 is 1.32. The van der Waals surface area contributed by atoms with E-state index in [1.165, 1.54) is 24.2 Å². The highest BCUT2D eigenvalue weighted by Gasteiger charge is 1.99. The number of hydrogen-bond acceptors (Lipinski definition) is 4. The first-order valence-corrected chi connectivity index (χ1v) is 4.39. The SMILES string of the molecule is O=c1cccc(Sc2ncn[nH]2)[nH]1. The van der Waals surface area contributed by atoms with Gasteiger partial charge in [-0.3, -0.25) is 9.89 Å². The number of nitrogens with zero attached hydrogens (tertiary/aromatic N) is 2. The van der Waals surface area contributed by atoms with Gasteiger partial charge < -0.3 is 4.98 Å². The number of hydrogen-bond donors (Lipinski definition) is 2. The fraction of sp³-hybridized carbons (Fsp3) is 0. The molecule has 0 fully saturated rings. The third-order valence-corrected chi connectivity index (χ3v) is 2.19. The van der Waals surface area contributed by atoms with Gasteiger partial charge in [0, 0.05) is 6.07 Å². The summed E-state index contributed by atoms with van der Waals surface area (Å²) in [6, 6.07) is 4.95. The second-order valence-electron chi connectivity index (χ2n) is 2.27. The largest absolute Gasteiger partial charge is 0.317 e. The monoisotopic (exact) mass is 194 g/mol. The van der Waals surface area contributed by atoms with Crippen LogP contribution in [0.4, 0.5) is 0 Å².